The molecule has 3 N–H and O–H groups in total. The molecule has 0 fully saturated rings. The summed E-state index contributed by atoms with van der Waals surface area (Å²) < 4.78 is 0. The summed E-state index contributed by atoms with van der Waals surface area (Å²) in [6.07, 6.45) is 2.03. The third kappa shape index (κ3) is 3.93. The molecule has 0 aromatic heterocycles. The van der Waals surface area contributed by atoms with E-state index in [0.29, 0.717) is 16.3 Å². The zero-order valence-corrected chi connectivity index (χ0v) is 13.5. The highest BCUT2D eigenvalue weighted by molar-refractivity contribution is 7.98. The van der Waals surface area contributed by atoms with Gasteiger partial charge in [-0.1, -0.05) is 23.7 Å². The van der Waals surface area contributed by atoms with Gasteiger partial charge in [0.05, 0.1) is 16.8 Å². The topological polar surface area (TPSA) is 55.1 Å². The van der Waals surface area contributed by atoms with Crippen molar-refractivity contribution in [3.63, 3.8) is 0 Å². The lowest BCUT2D eigenvalue weighted by molar-refractivity contribution is 0.0940. The van der Waals surface area contributed by atoms with Crippen LogP contribution in [0.5, 0.6) is 0 Å². The number of carbonyl (C=O) groups is 1. The smallest absolute Gasteiger partial charge is 0.251 e. The summed E-state index contributed by atoms with van der Waals surface area (Å²) in [5.41, 5.74) is 7.68. The molecule has 1 atom stereocenters. The van der Waals surface area contributed by atoms with Crippen molar-refractivity contribution >= 4 is 35.0 Å². The van der Waals surface area contributed by atoms with Crippen LogP contribution in [0.3, 0.4) is 0 Å². The Bertz CT molecular complexity index is 643. The zero-order chi connectivity index (χ0) is 15.4. The lowest BCUT2D eigenvalue weighted by atomic mass is 10.1. The third-order valence-electron chi connectivity index (χ3n) is 3.22. The van der Waals surface area contributed by atoms with Gasteiger partial charge >= 0.3 is 0 Å². The zero-order valence-electron chi connectivity index (χ0n) is 11.9. The lowest BCUT2D eigenvalue weighted by Crippen LogP contribution is -2.26. The van der Waals surface area contributed by atoms with Gasteiger partial charge in [-0.25, -0.2) is 0 Å². The van der Waals surface area contributed by atoms with Gasteiger partial charge in [0, 0.05) is 10.5 Å². The molecule has 0 radical (unpaired) electrons. The largest absolute Gasteiger partial charge is 0.398 e. The van der Waals surface area contributed by atoms with Gasteiger partial charge in [0.15, 0.2) is 0 Å². The lowest BCUT2D eigenvalue weighted by Gasteiger charge is -2.15. The normalized spacial score (nSPS) is 12.0. The molecule has 0 heterocycles. The Morgan fingerprint density at radius 2 is 1.90 bits per heavy atom. The van der Waals surface area contributed by atoms with Crippen LogP contribution in [0.4, 0.5) is 5.69 Å². The molecule has 0 saturated heterocycles. The Morgan fingerprint density at radius 3 is 2.48 bits per heavy atom. The minimum Gasteiger partial charge on any atom is -0.398 e. The molecule has 1 unspecified atom stereocenters. The average molecular weight is 321 g/mol. The fraction of sp³-hybridized carbons (Fsp3) is 0.188. The number of thioether (sulfide) groups is 1. The van der Waals surface area contributed by atoms with E-state index >= 15 is 0 Å². The van der Waals surface area contributed by atoms with Gasteiger partial charge in [-0.2, -0.15) is 0 Å². The van der Waals surface area contributed by atoms with Crippen LogP contribution < -0.4 is 11.1 Å². The highest BCUT2D eigenvalue weighted by Gasteiger charge is 2.12. The van der Waals surface area contributed by atoms with E-state index in [0.717, 1.165) is 5.56 Å². The molecule has 2 aromatic carbocycles. The van der Waals surface area contributed by atoms with Crippen LogP contribution in [0.1, 0.15) is 28.9 Å². The predicted octanol–water partition coefficient (Wildman–Crippen LogP) is 4.14. The Kier molecular flexibility index (Phi) is 5.15. The number of hydrogen-bond donors (Lipinski definition) is 2. The molecule has 3 nitrogen and oxygen atoms in total. The van der Waals surface area contributed by atoms with E-state index < -0.39 is 0 Å². The first-order valence-electron chi connectivity index (χ1n) is 6.51. The van der Waals surface area contributed by atoms with E-state index in [4.69, 9.17) is 17.3 Å². The number of benzene rings is 2. The summed E-state index contributed by atoms with van der Waals surface area (Å²) in [4.78, 5) is 13.4. The van der Waals surface area contributed by atoms with E-state index in [1.807, 2.05) is 37.4 Å². The van der Waals surface area contributed by atoms with E-state index in [1.54, 1.807) is 30.0 Å². The summed E-state index contributed by atoms with van der Waals surface area (Å²) in [5, 5.41) is 3.40. The Labute approximate surface area is 133 Å². The fourth-order valence-electron chi connectivity index (χ4n) is 1.94. The number of anilines is 1. The van der Waals surface area contributed by atoms with Crippen molar-refractivity contribution in [2.24, 2.45) is 0 Å². The molecule has 2 rings (SSSR count). The number of nitrogens with one attached hydrogen (secondary N) is 1. The second-order valence-electron chi connectivity index (χ2n) is 4.70. The maximum Gasteiger partial charge on any atom is 0.251 e. The van der Waals surface area contributed by atoms with E-state index in [2.05, 4.69) is 5.32 Å². The van der Waals surface area contributed by atoms with Crippen molar-refractivity contribution in [3.8, 4) is 0 Å². The average Bonchev–Trinajstić information content (AvgIpc) is 2.50. The molecular formula is C16H17ClN2OS. The van der Waals surface area contributed by atoms with Crippen molar-refractivity contribution in [2.75, 3.05) is 12.0 Å². The van der Waals surface area contributed by atoms with Gasteiger partial charge in [0.1, 0.15) is 0 Å². The number of halogens is 1. The van der Waals surface area contributed by atoms with Gasteiger partial charge in [-0.15, -0.1) is 11.8 Å². The van der Waals surface area contributed by atoms with Crippen LogP contribution in [0.15, 0.2) is 47.4 Å². The minimum absolute atomic E-state index is 0.0784. The first kappa shape index (κ1) is 15.7. The number of carbonyl (C=O) groups excluding carboxylic acids is 1. The molecule has 1 amide bonds. The Morgan fingerprint density at radius 1 is 1.24 bits per heavy atom. The quantitative estimate of drug-likeness (QED) is 0.657. The first-order valence-corrected chi connectivity index (χ1v) is 8.11. The molecule has 2 aromatic rings. The van der Waals surface area contributed by atoms with Crippen LogP contribution in [-0.4, -0.2) is 12.2 Å². The van der Waals surface area contributed by atoms with Crippen molar-refractivity contribution in [3.05, 3.63) is 58.6 Å². The fourth-order valence-corrected chi connectivity index (χ4v) is 2.47. The number of rotatable bonds is 4. The maximum absolute atomic E-state index is 12.2. The molecule has 0 aliphatic carbocycles. The molecule has 0 saturated carbocycles. The highest BCUT2D eigenvalue weighted by atomic mass is 35.5. The number of nitrogen functional groups attached to an aromatic ring is 1. The monoisotopic (exact) mass is 320 g/mol. The molecule has 21 heavy (non-hydrogen) atoms. The number of nitrogens with two attached hydrogens (primary N) is 1. The Hall–Kier alpha value is -1.65. The van der Waals surface area contributed by atoms with Crippen molar-refractivity contribution in [1.29, 1.82) is 0 Å². The van der Waals surface area contributed by atoms with Crippen LogP contribution in [-0.2, 0) is 0 Å². The standard InChI is InChI=1S/C16H17ClN2OS/c1-10(11-3-6-13(21-2)7-4-11)19-16(20)12-5-8-14(17)15(18)9-12/h3-10H,18H2,1-2H3,(H,19,20). The second kappa shape index (κ2) is 6.87. The molecular weight excluding hydrogens is 304 g/mol. The van der Waals surface area contributed by atoms with Crippen LogP contribution in [0.25, 0.3) is 0 Å². The van der Waals surface area contributed by atoms with E-state index in [9.17, 15) is 4.79 Å². The summed E-state index contributed by atoms with van der Waals surface area (Å²) in [6, 6.07) is 12.9. The summed E-state index contributed by atoms with van der Waals surface area (Å²) in [7, 11) is 0. The number of amides is 1. The molecule has 0 aliphatic heterocycles. The highest BCUT2D eigenvalue weighted by Crippen LogP contribution is 2.21. The molecule has 110 valence electrons. The SMILES string of the molecule is CSc1ccc(C(C)NC(=O)c2ccc(Cl)c(N)c2)cc1. The third-order valence-corrected chi connectivity index (χ3v) is 4.31. The van der Waals surface area contributed by atoms with Gasteiger partial charge in [0.25, 0.3) is 5.91 Å². The van der Waals surface area contributed by atoms with Crippen LogP contribution in [0.2, 0.25) is 5.02 Å². The molecule has 0 bridgehead atoms. The molecule has 0 aliphatic rings. The summed E-state index contributed by atoms with van der Waals surface area (Å²) >= 11 is 7.55. The van der Waals surface area contributed by atoms with Gasteiger partial charge in [-0.3, -0.25) is 4.79 Å². The van der Waals surface area contributed by atoms with Crippen molar-refractivity contribution in [2.45, 2.75) is 17.9 Å². The predicted molar refractivity (Wildman–Crippen MR) is 90.0 cm³/mol. The first-order chi connectivity index (χ1) is 10.0. The van der Waals surface area contributed by atoms with E-state index in [1.165, 1.54) is 4.90 Å². The second-order valence-corrected chi connectivity index (χ2v) is 5.99. The Balaban J connectivity index is 2.08. The van der Waals surface area contributed by atoms with Crippen molar-refractivity contribution in [1.82, 2.24) is 5.32 Å². The molecule has 0 spiro atoms. The number of hydrogen-bond acceptors (Lipinski definition) is 3. The van der Waals surface area contributed by atoms with E-state index in [-0.39, 0.29) is 11.9 Å². The van der Waals surface area contributed by atoms with Gasteiger partial charge in [0.2, 0.25) is 0 Å². The maximum atomic E-state index is 12.2. The summed E-state index contributed by atoms with van der Waals surface area (Å²) in [5.74, 6) is -0.167. The minimum atomic E-state index is -0.167. The molecule has 5 heteroatoms. The van der Waals surface area contributed by atoms with Crippen LogP contribution in [0, 0.1) is 0 Å². The summed E-state index contributed by atoms with van der Waals surface area (Å²) in [6.45, 7) is 1.95. The van der Waals surface area contributed by atoms with Gasteiger partial charge in [-0.05, 0) is 49.1 Å². The van der Waals surface area contributed by atoms with Crippen LogP contribution >= 0.6 is 23.4 Å². The van der Waals surface area contributed by atoms with Crippen molar-refractivity contribution < 1.29 is 4.79 Å². The van der Waals surface area contributed by atoms with Gasteiger partial charge < -0.3 is 11.1 Å².